The van der Waals surface area contributed by atoms with E-state index in [0.29, 0.717) is 36.1 Å². The molecule has 2 aliphatic heterocycles. The number of amides is 1. The molecule has 1 amide bonds. The summed E-state index contributed by atoms with van der Waals surface area (Å²) >= 11 is 0. The highest BCUT2D eigenvalue weighted by molar-refractivity contribution is 6.02. The maximum absolute atomic E-state index is 12.5. The zero-order chi connectivity index (χ0) is 20.1. The Bertz CT molecular complexity index is 878. The summed E-state index contributed by atoms with van der Waals surface area (Å²) in [4.78, 5) is 12.5. The van der Waals surface area contributed by atoms with Crippen molar-refractivity contribution in [3.8, 4) is 11.5 Å². The molecular weight excluding hydrogens is 354 g/mol. The zero-order valence-corrected chi connectivity index (χ0v) is 17.3. The van der Waals surface area contributed by atoms with Gasteiger partial charge < -0.3 is 20.3 Å². The molecule has 2 saturated carbocycles. The van der Waals surface area contributed by atoms with Crippen molar-refractivity contribution in [2.24, 2.45) is 22.7 Å². The Kier molecular flexibility index (Phi) is 3.55. The van der Waals surface area contributed by atoms with Crippen molar-refractivity contribution in [3.05, 3.63) is 22.8 Å². The number of benzene rings is 1. The molecule has 5 rings (SSSR count). The van der Waals surface area contributed by atoms with E-state index in [0.717, 1.165) is 36.8 Å². The quantitative estimate of drug-likeness (QED) is 0.638. The lowest BCUT2D eigenvalue weighted by Gasteiger charge is -2.64. The largest absolute Gasteiger partial charge is 0.508 e. The average Bonchev–Trinajstić information content (AvgIpc) is 3.20. The Labute approximate surface area is 166 Å². The van der Waals surface area contributed by atoms with Gasteiger partial charge in [0.2, 0.25) is 0 Å². The first-order valence-electron chi connectivity index (χ1n) is 10.6. The highest BCUT2D eigenvalue weighted by atomic mass is 16.5. The van der Waals surface area contributed by atoms with Gasteiger partial charge in [-0.3, -0.25) is 4.79 Å². The molecule has 0 radical (unpaired) electrons. The second-order valence-electron chi connectivity index (χ2n) is 10.4. The van der Waals surface area contributed by atoms with Crippen molar-refractivity contribution in [2.45, 2.75) is 78.0 Å². The van der Waals surface area contributed by atoms with Crippen molar-refractivity contribution in [2.75, 3.05) is 0 Å². The second-order valence-corrected chi connectivity index (χ2v) is 10.4. The van der Waals surface area contributed by atoms with E-state index in [1.165, 1.54) is 0 Å². The van der Waals surface area contributed by atoms with Crippen LogP contribution in [0.2, 0.25) is 0 Å². The molecule has 5 atom stereocenters. The topological polar surface area (TPSA) is 78.8 Å². The summed E-state index contributed by atoms with van der Waals surface area (Å²) < 4.78 is 6.84. The third-order valence-corrected chi connectivity index (χ3v) is 8.95. The van der Waals surface area contributed by atoms with Crippen molar-refractivity contribution in [3.63, 3.8) is 0 Å². The number of aromatic hydroxyl groups is 1. The Morgan fingerprint density at radius 3 is 2.71 bits per heavy atom. The monoisotopic (exact) mass is 385 g/mol. The van der Waals surface area contributed by atoms with E-state index < -0.39 is 5.60 Å². The van der Waals surface area contributed by atoms with Gasteiger partial charge in [0.15, 0.2) is 0 Å². The normalized spacial score (nSPS) is 40.5. The molecule has 0 saturated heterocycles. The van der Waals surface area contributed by atoms with E-state index >= 15 is 0 Å². The summed E-state index contributed by atoms with van der Waals surface area (Å²) in [6.07, 6.45) is 4.10. The molecular formula is C23H31NO4. The van der Waals surface area contributed by atoms with E-state index in [9.17, 15) is 15.0 Å². The van der Waals surface area contributed by atoms with Crippen LogP contribution in [0.3, 0.4) is 0 Å². The molecule has 152 valence electrons. The maximum atomic E-state index is 12.5. The van der Waals surface area contributed by atoms with Crippen molar-refractivity contribution >= 4 is 5.91 Å². The molecule has 28 heavy (non-hydrogen) atoms. The Balaban J connectivity index is 1.66. The standard InChI is InChI=1S/C23H31NO4/c1-12-5-6-16-21(2,3)17(26)7-8-22(16,4)23(12)10-14-15(25)9-13-11-24-20(27)18(13)19(14)28-23/h9,12,16-17,25-26H,5-8,10-11H2,1-4H3,(H,24,27)/t12-,16-,17-,22-,23+/m1/s1. The number of rotatable bonds is 0. The van der Waals surface area contributed by atoms with Crippen LogP contribution >= 0.6 is 0 Å². The molecule has 1 aromatic rings. The number of hydrogen-bond donors (Lipinski definition) is 3. The van der Waals surface area contributed by atoms with Crippen molar-refractivity contribution in [1.82, 2.24) is 5.32 Å². The fraction of sp³-hybridized carbons (Fsp3) is 0.696. The summed E-state index contributed by atoms with van der Waals surface area (Å²) in [6, 6.07) is 1.73. The van der Waals surface area contributed by atoms with Crippen molar-refractivity contribution in [1.29, 1.82) is 0 Å². The first kappa shape index (κ1) is 18.3. The fourth-order valence-corrected chi connectivity index (χ4v) is 7.19. The lowest BCUT2D eigenvalue weighted by Crippen LogP contribution is -2.66. The number of carbonyl (C=O) groups is 1. The van der Waals surface area contributed by atoms with Gasteiger partial charge in [0.1, 0.15) is 17.1 Å². The fourth-order valence-electron chi connectivity index (χ4n) is 7.19. The van der Waals surface area contributed by atoms with Crippen molar-refractivity contribution < 1.29 is 19.7 Å². The molecule has 2 aliphatic carbocycles. The predicted octanol–water partition coefficient (Wildman–Crippen LogP) is 3.54. The molecule has 3 N–H and O–H groups in total. The van der Waals surface area contributed by atoms with E-state index in [2.05, 4.69) is 33.0 Å². The van der Waals surface area contributed by atoms with Gasteiger partial charge in [0.05, 0.1) is 11.7 Å². The molecule has 1 spiro atoms. The molecule has 1 aromatic carbocycles. The van der Waals surface area contributed by atoms with Gasteiger partial charge in [-0.2, -0.15) is 0 Å². The molecule has 0 bridgehead atoms. The number of ether oxygens (including phenoxy) is 1. The Morgan fingerprint density at radius 1 is 1.21 bits per heavy atom. The van der Waals surface area contributed by atoms with Gasteiger partial charge in [0.25, 0.3) is 5.91 Å². The third kappa shape index (κ3) is 1.99. The lowest BCUT2D eigenvalue weighted by atomic mass is 9.43. The summed E-state index contributed by atoms with van der Waals surface area (Å²) in [5, 5.41) is 24.3. The molecule has 2 heterocycles. The van der Waals surface area contributed by atoms with Crippen LogP contribution < -0.4 is 10.1 Å². The zero-order valence-electron chi connectivity index (χ0n) is 17.3. The molecule has 5 heteroatoms. The predicted molar refractivity (Wildman–Crippen MR) is 105 cm³/mol. The summed E-state index contributed by atoms with van der Waals surface area (Å²) in [5.41, 5.74) is 1.46. The van der Waals surface area contributed by atoms with Gasteiger partial charge in [-0.05, 0) is 54.6 Å². The van der Waals surface area contributed by atoms with Gasteiger partial charge in [-0.1, -0.05) is 27.7 Å². The number of aliphatic hydroxyl groups is 1. The van der Waals surface area contributed by atoms with E-state index in [1.807, 2.05) is 0 Å². The Hall–Kier alpha value is -1.75. The third-order valence-electron chi connectivity index (χ3n) is 8.95. The second kappa shape index (κ2) is 5.44. The number of hydrogen-bond acceptors (Lipinski definition) is 4. The molecule has 5 nitrogen and oxygen atoms in total. The van der Waals surface area contributed by atoms with E-state index in [4.69, 9.17) is 4.74 Å². The molecule has 4 aliphatic rings. The first-order valence-corrected chi connectivity index (χ1v) is 10.6. The van der Waals surface area contributed by atoms with Crippen LogP contribution in [0.25, 0.3) is 0 Å². The van der Waals surface area contributed by atoms with Gasteiger partial charge >= 0.3 is 0 Å². The van der Waals surface area contributed by atoms with Gasteiger partial charge in [-0.15, -0.1) is 0 Å². The number of phenols is 1. The maximum Gasteiger partial charge on any atom is 0.255 e. The summed E-state index contributed by atoms with van der Waals surface area (Å²) in [7, 11) is 0. The van der Waals surface area contributed by atoms with Gasteiger partial charge in [-0.25, -0.2) is 0 Å². The smallest absolute Gasteiger partial charge is 0.255 e. The van der Waals surface area contributed by atoms with Crippen LogP contribution in [0.15, 0.2) is 6.07 Å². The van der Waals surface area contributed by atoms with Crippen LogP contribution in [-0.4, -0.2) is 27.8 Å². The van der Waals surface area contributed by atoms with Crippen LogP contribution in [0.1, 0.15) is 74.9 Å². The highest BCUT2D eigenvalue weighted by Crippen LogP contribution is 2.67. The van der Waals surface area contributed by atoms with Crippen LogP contribution in [-0.2, 0) is 13.0 Å². The number of aliphatic hydroxyl groups excluding tert-OH is 1. The SMILES string of the molecule is C[C@@H]1CC[C@@H]2C(C)(C)[C@H](O)CC[C@@]2(C)[C@]12Cc1c(O)cc3c(c1O2)C(=O)NC3. The summed E-state index contributed by atoms with van der Waals surface area (Å²) in [5.74, 6) is 1.38. The average molecular weight is 386 g/mol. The highest BCUT2D eigenvalue weighted by Gasteiger charge is 2.67. The van der Waals surface area contributed by atoms with E-state index in [1.54, 1.807) is 6.07 Å². The minimum Gasteiger partial charge on any atom is -0.508 e. The number of carbonyl (C=O) groups excluding carboxylic acids is 1. The van der Waals surface area contributed by atoms with E-state index in [-0.39, 0.29) is 28.6 Å². The van der Waals surface area contributed by atoms with Gasteiger partial charge in [0, 0.05) is 23.9 Å². The molecule has 2 fully saturated rings. The number of phenolic OH excluding ortho intramolecular Hbond substituents is 1. The number of fused-ring (bicyclic) bond motifs is 5. The minimum absolute atomic E-state index is 0.104. The molecule has 0 aromatic heterocycles. The molecule has 0 unspecified atom stereocenters. The first-order chi connectivity index (χ1) is 13.1. The number of nitrogens with one attached hydrogen (secondary N) is 1. The van der Waals surface area contributed by atoms with Crippen LogP contribution in [0, 0.1) is 22.7 Å². The van der Waals surface area contributed by atoms with Crippen LogP contribution in [0.4, 0.5) is 0 Å². The van der Waals surface area contributed by atoms with Crippen LogP contribution in [0.5, 0.6) is 11.5 Å². The lowest BCUT2D eigenvalue weighted by molar-refractivity contribution is -0.210. The minimum atomic E-state index is -0.453. The Morgan fingerprint density at radius 2 is 1.96 bits per heavy atom. The summed E-state index contributed by atoms with van der Waals surface area (Å²) in [6.45, 7) is 9.40.